The number of benzene rings is 1. The van der Waals surface area contributed by atoms with Crippen LogP contribution in [0.3, 0.4) is 0 Å². The number of carbonyl (C=O) groups is 2. The quantitative estimate of drug-likeness (QED) is 0.741. The Balaban J connectivity index is 1.56. The minimum absolute atomic E-state index is 0.0462. The predicted octanol–water partition coefficient (Wildman–Crippen LogP) is 0.172. The standard InChI is InChI=1S/C16H21FN4O4S/c1-26(24,25)20-9-6-18(7-10-20)15(22)12-19-8-11-21(16(19)23)14-4-2-13(17)3-5-14/h2-5H,6-12H2,1H3. The third kappa shape index (κ3) is 3.96. The van der Waals surface area contributed by atoms with Gasteiger partial charge in [0.15, 0.2) is 0 Å². The molecule has 2 aliphatic rings. The molecule has 10 heteroatoms. The van der Waals surface area contributed by atoms with Crippen LogP contribution in [0.15, 0.2) is 24.3 Å². The Morgan fingerprint density at radius 1 is 1.04 bits per heavy atom. The number of carbonyl (C=O) groups excluding carboxylic acids is 2. The Kier molecular flexibility index (Phi) is 5.15. The average molecular weight is 384 g/mol. The molecule has 0 spiro atoms. The lowest BCUT2D eigenvalue weighted by Crippen LogP contribution is -2.52. The van der Waals surface area contributed by atoms with E-state index in [1.165, 1.54) is 38.4 Å². The van der Waals surface area contributed by atoms with Gasteiger partial charge in [-0.2, -0.15) is 4.31 Å². The number of hydrogen-bond donors (Lipinski definition) is 0. The van der Waals surface area contributed by atoms with Crippen LogP contribution in [0.5, 0.6) is 0 Å². The highest BCUT2D eigenvalue weighted by Crippen LogP contribution is 2.20. The Morgan fingerprint density at radius 2 is 1.65 bits per heavy atom. The molecule has 2 aliphatic heterocycles. The van der Waals surface area contributed by atoms with Crippen LogP contribution in [0.1, 0.15) is 0 Å². The molecule has 0 saturated carbocycles. The molecular formula is C16H21FN4O4S. The van der Waals surface area contributed by atoms with Crippen molar-refractivity contribution in [1.82, 2.24) is 14.1 Å². The zero-order chi connectivity index (χ0) is 18.9. The van der Waals surface area contributed by atoms with E-state index in [0.29, 0.717) is 31.9 Å². The minimum Gasteiger partial charge on any atom is -0.339 e. The molecule has 142 valence electrons. The summed E-state index contributed by atoms with van der Waals surface area (Å²) in [4.78, 5) is 29.5. The first-order chi connectivity index (χ1) is 12.3. The highest BCUT2D eigenvalue weighted by Gasteiger charge is 2.33. The highest BCUT2D eigenvalue weighted by atomic mass is 32.2. The molecule has 0 unspecified atom stereocenters. The first-order valence-electron chi connectivity index (χ1n) is 8.30. The summed E-state index contributed by atoms with van der Waals surface area (Å²) in [6.07, 6.45) is 1.15. The van der Waals surface area contributed by atoms with E-state index in [-0.39, 0.29) is 37.4 Å². The van der Waals surface area contributed by atoms with E-state index in [0.717, 1.165) is 6.26 Å². The summed E-state index contributed by atoms with van der Waals surface area (Å²) in [5, 5.41) is 0. The molecule has 26 heavy (non-hydrogen) atoms. The largest absolute Gasteiger partial charge is 0.339 e. The van der Waals surface area contributed by atoms with Crippen molar-refractivity contribution in [2.45, 2.75) is 0 Å². The third-order valence-electron chi connectivity index (χ3n) is 4.62. The van der Waals surface area contributed by atoms with Crippen molar-refractivity contribution in [1.29, 1.82) is 0 Å². The second-order valence-corrected chi connectivity index (χ2v) is 8.36. The summed E-state index contributed by atoms with van der Waals surface area (Å²) < 4.78 is 37.4. The van der Waals surface area contributed by atoms with Gasteiger partial charge in [-0.05, 0) is 24.3 Å². The van der Waals surface area contributed by atoms with Crippen molar-refractivity contribution < 1.29 is 22.4 Å². The lowest BCUT2D eigenvalue weighted by atomic mass is 10.3. The number of hydrogen-bond acceptors (Lipinski definition) is 4. The molecule has 0 radical (unpaired) electrons. The van der Waals surface area contributed by atoms with Gasteiger partial charge in [0.25, 0.3) is 0 Å². The van der Waals surface area contributed by atoms with Gasteiger partial charge < -0.3 is 9.80 Å². The zero-order valence-corrected chi connectivity index (χ0v) is 15.3. The van der Waals surface area contributed by atoms with Crippen LogP contribution in [0, 0.1) is 5.82 Å². The molecule has 0 N–H and O–H groups in total. The monoisotopic (exact) mass is 384 g/mol. The number of anilines is 1. The van der Waals surface area contributed by atoms with Crippen molar-refractivity contribution in [3.8, 4) is 0 Å². The van der Waals surface area contributed by atoms with Crippen LogP contribution in [-0.4, -0.2) is 86.5 Å². The molecule has 2 fully saturated rings. The number of piperazine rings is 1. The highest BCUT2D eigenvalue weighted by molar-refractivity contribution is 7.88. The van der Waals surface area contributed by atoms with Gasteiger partial charge in [0.05, 0.1) is 6.26 Å². The topological polar surface area (TPSA) is 81.2 Å². The van der Waals surface area contributed by atoms with E-state index in [2.05, 4.69) is 0 Å². The number of nitrogens with zero attached hydrogens (tertiary/aromatic N) is 4. The van der Waals surface area contributed by atoms with Crippen LogP contribution >= 0.6 is 0 Å². The number of rotatable bonds is 4. The Morgan fingerprint density at radius 3 is 2.23 bits per heavy atom. The van der Waals surface area contributed by atoms with Gasteiger partial charge in [0.2, 0.25) is 15.9 Å². The summed E-state index contributed by atoms with van der Waals surface area (Å²) in [5.74, 6) is -0.576. The van der Waals surface area contributed by atoms with Crippen molar-refractivity contribution in [2.75, 3.05) is 57.0 Å². The van der Waals surface area contributed by atoms with Gasteiger partial charge in [-0.1, -0.05) is 0 Å². The predicted molar refractivity (Wildman–Crippen MR) is 93.7 cm³/mol. The summed E-state index contributed by atoms with van der Waals surface area (Å²) in [6, 6.07) is 5.35. The lowest BCUT2D eigenvalue weighted by Gasteiger charge is -2.34. The van der Waals surface area contributed by atoms with Gasteiger partial charge in [0, 0.05) is 45.0 Å². The molecule has 0 atom stereocenters. The Labute approximate surface area is 151 Å². The maximum atomic E-state index is 13.0. The number of urea groups is 1. The fraction of sp³-hybridized carbons (Fsp3) is 0.500. The van der Waals surface area contributed by atoms with Crippen molar-refractivity contribution >= 4 is 27.6 Å². The maximum absolute atomic E-state index is 13.0. The summed E-state index contributed by atoms with van der Waals surface area (Å²) in [5.41, 5.74) is 0.591. The molecular weight excluding hydrogens is 363 g/mol. The first kappa shape index (κ1) is 18.6. The molecule has 2 saturated heterocycles. The van der Waals surface area contributed by atoms with Gasteiger partial charge in [0.1, 0.15) is 12.4 Å². The van der Waals surface area contributed by atoms with E-state index < -0.39 is 10.0 Å². The van der Waals surface area contributed by atoms with Crippen molar-refractivity contribution in [2.24, 2.45) is 0 Å². The molecule has 3 rings (SSSR count). The molecule has 2 heterocycles. The number of sulfonamides is 1. The van der Waals surface area contributed by atoms with Gasteiger partial charge in [-0.15, -0.1) is 0 Å². The number of amides is 3. The van der Waals surface area contributed by atoms with Crippen LogP contribution in [0.25, 0.3) is 0 Å². The molecule has 0 bridgehead atoms. The summed E-state index contributed by atoms with van der Waals surface area (Å²) in [7, 11) is -3.25. The second kappa shape index (κ2) is 7.20. The van der Waals surface area contributed by atoms with Crippen LogP contribution < -0.4 is 4.90 Å². The van der Waals surface area contributed by atoms with Crippen LogP contribution in [0.4, 0.5) is 14.9 Å². The molecule has 3 amide bonds. The van der Waals surface area contributed by atoms with E-state index in [4.69, 9.17) is 0 Å². The van der Waals surface area contributed by atoms with Crippen LogP contribution in [0.2, 0.25) is 0 Å². The molecule has 0 aromatic heterocycles. The Bertz CT molecular complexity index is 791. The molecule has 1 aromatic rings. The SMILES string of the molecule is CS(=O)(=O)N1CCN(C(=O)CN2CCN(c3ccc(F)cc3)C2=O)CC1. The first-order valence-corrected chi connectivity index (χ1v) is 10.2. The average Bonchev–Trinajstić information content (AvgIpc) is 2.96. The smallest absolute Gasteiger partial charge is 0.325 e. The van der Waals surface area contributed by atoms with Crippen molar-refractivity contribution in [3.05, 3.63) is 30.1 Å². The van der Waals surface area contributed by atoms with Crippen LogP contribution in [-0.2, 0) is 14.8 Å². The molecule has 8 nitrogen and oxygen atoms in total. The fourth-order valence-electron chi connectivity index (χ4n) is 3.12. The van der Waals surface area contributed by atoms with Gasteiger partial charge in [-0.25, -0.2) is 17.6 Å². The van der Waals surface area contributed by atoms with E-state index in [1.54, 1.807) is 4.90 Å². The van der Waals surface area contributed by atoms with E-state index >= 15 is 0 Å². The summed E-state index contributed by atoms with van der Waals surface area (Å²) >= 11 is 0. The Hall–Kier alpha value is -2.20. The molecule has 1 aromatic carbocycles. The maximum Gasteiger partial charge on any atom is 0.325 e. The van der Waals surface area contributed by atoms with Gasteiger partial charge in [-0.3, -0.25) is 9.69 Å². The second-order valence-electron chi connectivity index (χ2n) is 6.38. The normalized spacial score (nSPS) is 19.3. The minimum atomic E-state index is -3.25. The van der Waals surface area contributed by atoms with E-state index in [9.17, 15) is 22.4 Å². The lowest BCUT2D eigenvalue weighted by molar-refractivity contribution is -0.132. The van der Waals surface area contributed by atoms with Gasteiger partial charge >= 0.3 is 6.03 Å². The third-order valence-corrected chi connectivity index (χ3v) is 5.92. The summed E-state index contributed by atoms with van der Waals surface area (Å²) in [6.45, 7) is 1.95. The van der Waals surface area contributed by atoms with Crippen molar-refractivity contribution in [3.63, 3.8) is 0 Å². The molecule has 0 aliphatic carbocycles. The fourth-order valence-corrected chi connectivity index (χ4v) is 3.95. The number of halogens is 1. The zero-order valence-electron chi connectivity index (χ0n) is 14.5. The van der Waals surface area contributed by atoms with E-state index in [1.807, 2.05) is 0 Å².